The largest absolute Gasteiger partial charge is 0.373 e. The number of ether oxygens (including phenoxy) is 1. The molecule has 0 aromatic heterocycles. The van der Waals surface area contributed by atoms with Gasteiger partial charge in [0.2, 0.25) is 0 Å². The van der Waals surface area contributed by atoms with Crippen molar-refractivity contribution in [2.75, 3.05) is 13.1 Å². The van der Waals surface area contributed by atoms with E-state index in [-0.39, 0.29) is 0 Å². The number of nitrogens with zero attached hydrogens (tertiary/aromatic N) is 1. The van der Waals surface area contributed by atoms with E-state index in [1.165, 1.54) is 12.8 Å². The summed E-state index contributed by atoms with van der Waals surface area (Å²) < 4.78 is 5.82. The number of hydrogen-bond acceptors (Lipinski definition) is 3. The first-order valence-electron chi connectivity index (χ1n) is 7.12. The summed E-state index contributed by atoms with van der Waals surface area (Å²) in [5.41, 5.74) is 6.40. The van der Waals surface area contributed by atoms with Crippen LogP contribution < -0.4 is 5.73 Å². The molecule has 4 unspecified atom stereocenters. The fourth-order valence-corrected chi connectivity index (χ4v) is 3.99. The van der Waals surface area contributed by atoms with Crippen LogP contribution in [0, 0.1) is 11.8 Å². The van der Waals surface area contributed by atoms with Crippen molar-refractivity contribution in [3.8, 4) is 0 Å². The zero-order valence-corrected chi connectivity index (χ0v) is 11.7. The van der Waals surface area contributed by atoms with E-state index in [2.05, 4.69) is 32.6 Å². The molecule has 0 bridgehead atoms. The Kier molecular flexibility index (Phi) is 4.11. The van der Waals surface area contributed by atoms with Crippen LogP contribution in [-0.4, -0.2) is 42.3 Å². The highest BCUT2D eigenvalue weighted by molar-refractivity contribution is 4.94. The van der Waals surface area contributed by atoms with Crippen LogP contribution in [0.4, 0.5) is 0 Å². The summed E-state index contributed by atoms with van der Waals surface area (Å²) in [5, 5.41) is 0. The van der Waals surface area contributed by atoms with E-state index in [0.29, 0.717) is 30.2 Å². The van der Waals surface area contributed by atoms with E-state index in [9.17, 15) is 0 Å². The van der Waals surface area contributed by atoms with Crippen molar-refractivity contribution in [3.05, 3.63) is 0 Å². The second kappa shape index (κ2) is 5.25. The lowest BCUT2D eigenvalue weighted by Crippen LogP contribution is -2.60. The molecule has 0 radical (unpaired) electrons. The summed E-state index contributed by atoms with van der Waals surface area (Å²) in [6.45, 7) is 11.1. The molecule has 0 spiro atoms. The third kappa shape index (κ3) is 3.01. The first kappa shape index (κ1) is 13.3. The highest BCUT2D eigenvalue weighted by atomic mass is 16.5. The number of nitrogens with two attached hydrogens (primary N) is 1. The molecule has 0 aromatic carbocycles. The van der Waals surface area contributed by atoms with Gasteiger partial charge >= 0.3 is 0 Å². The van der Waals surface area contributed by atoms with Gasteiger partial charge in [-0.2, -0.15) is 0 Å². The molecule has 0 amide bonds. The van der Waals surface area contributed by atoms with Crippen molar-refractivity contribution in [2.24, 2.45) is 17.6 Å². The van der Waals surface area contributed by atoms with E-state index in [1.54, 1.807) is 0 Å². The van der Waals surface area contributed by atoms with Gasteiger partial charge in [-0.25, -0.2) is 0 Å². The van der Waals surface area contributed by atoms with Crippen LogP contribution in [0.2, 0.25) is 0 Å². The summed E-state index contributed by atoms with van der Waals surface area (Å²) in [4.78, 5) is 2.58. The lowest BCUT2D eigenvalue weighted by molar-refractivity contribution is -0.0949. The Bertz CT molecular complexity index is 237. The molecule has 1 heterocycles. The molecule has 1 aliphatic carbocycles. The van der Waals surface area contributed by atoms with Crippen LogP contribution in [0.15, 0.2) is 0 Å². The van der Waals surface area contributed by atoms with Crippen LogP contribution in [-0.2, 0) is 4.74 Å². The maximum Gasteiger partial charge on any atom is 0.0678 e. The standard InChI is InChI=1S/C14H28N2O/c1-9-5-10(2)14(13(15)6-9)16-7-11(3)17-12(4)8-16/h9-14H,5-8,15H2,1-4H3/t9?,10?,11-,12+,13?,14?. The summed E-state index contributed by atoms with van der Waals surface area (Å²) in [7, 11) is 0. The number of morpholine rings is 1. The summed E-state index contributed by atoms with van der Waals surface area (Å²) in [6.07, 6.45) is 3.18. The third-order valence-corrected chi connectivity index (χ3v) is 4.34. The first-order chi connectivity index (χ1) is 7.97. The fraction of sp³-hybridized carbons (Fsp3) is 1.00. The van der Waals surface area contributed by atoms with E-state index in [0.717, 1.165) is 19.0 Å². The topological polar surface area (TPSA) is 38.5 Å². The highest BCUT2D eigenvalue weighted by Crippen LogP contribution is 2.32. The molecule has 2 aliphatic rings. The monoisotopic (exact) mass is 240 g/mol. The van der Waals surface area contributed by atoms with Crippen LogP contribution in [0.25, 0.3) is 0 Å². The molecule has 100 valence electrons. The van der Waals surface area contributed by atoms with Crippen molar-refractivity contribution in [1.82, 2.24) is 4.90 Å². The lowest BCUT2D eigenvalue weighted by atomic mass is 9.76. The van der Waals surface area contributed by atoms with Gasteiger partial charge in [-0.15, -0.1) is 0 Å². The van der Waals surface area contributed by atoms with Crippen LogP contribution in [0.5, 0.6) is 0 Å². The summed E-state index contributed by atoms with van der Waals surface area (Å²) in [5.74, 6) is 1.50. The molecule has 2 N–H and O–H groups in total. The third-order valence-electron chi connectivity index (χ3n) is 4.34. The number of hydrogen-bond donors (Lipinski definition) is 1. The molecule has 1 saturated heterocycles. The van der Waals surface area contributed by atoms with Gasteiger partial charge < -0.3 is 10.5 Å². The summed E-state index contributed by atoms with van der Waals surface area (Å²) in [6, 6.07) is 0.895. The maximum absolute atomic E-state index is 6.40. The molecule has 2 rings (SSSR count). The zero-order valence-electron chi connectivity index (χ0n) is 11.7. The van der Waals surface area contributed by atoms with Gasteiger partial charge in [-0.1, -0.05) is 13.8 Å². The molecule has 1 saturated carbocycles. The average Bonchev–Trinajstić information content (AvgIpc) is 2.13. The highest BCUT2D eigenvalue weighted by Gasteiger charge is 2.38. The van der Waals surface area contributed by atoms with Gasteiger partial charge in [0.05, 0.1) is 12.2 Å². The van der Waals surface area contributed by atoms with Crippen molar-refractivity contribution >= 4 is 0 Å². The molecule has 1 aliphatic heterocycles. The van der Waals surface area contributed by atoms with Crippen molar-refractivity contribution < 1.29 is 4.74 Å². The first-order valence-corrected chi connectivity index (χ1v) is 7.12. The minimum Gasteiger partial charge on any atom is -0.373 e. The lowest BCUT2D eigenvalue weighted by Gasteiger charge is -2.48. The Labute approximate surface area is 106 Å². The maximum atomic E-state index is 6.40. The molecule has 2 fully saturated rings. The van der Waals surface area contributed by atoms with Gasteiger partial charge in [0.15, 0.2) is 0 Å². The molecule has 17 heavy (non-hydrogen) atoms. The second-order valence-electron chi connectivity index (χ2n) is 6.42. The Balaban J connectivity index is 2.04. The van der Waals surface area contributed by atoms with E-state index >= 15 is 0 Å². The van der Waals surface area contributed by atoms with Crippen molar-refractivity contribution in [2.45, 2.75) is 64.8 Å². The van der Waals surface area contributed by atoms with Gasteiger partial charge in [-0.3, -0.25) is 4.90 Å². The SMILES string of the molecule is CC1CC(C)C(N2C[C@@H](C)O[C@@H](C)C2)C(N)C1. The minimum absolute atomic E-state index is 0.339. The predicted molar refractivity (Wildman–Crippen MR) is 70.9 cm³/mol. The van der Waals surface area contributed by atoms with Gasteiger partial charge in [0, 0.05) is 25.2 Å². The molecule has 0 aromatic rings. The van der Waals surface area contributed by atoms with Crippen LogP contribution in [0.3, 0.4) is 0 Å². The smallest absolute Gasteiger partial charge is 0.0678 e. The normalized spacial score (nSPS) is 49.2. The quantitative estimate of drug-likeness (QED) is 0.760. The predicted octanol–water partition coefficient (Wildman–Crippen LogP) is 1.86. The molecule has 6 atom stereocenters. The zero-order chi connectivity index (χ0) is 12.6. The van der Waals surface area contributed by atoms with Crippen molar-refractivity contribution in [1.29, 1.82) is 0 Å². The molecule has 3 nitrogen and oxygen atoms in total. The molecular formula is C14H28N2O. The Morgan fingerprint density at radius 1 is 1.00 bits per heavy atom. The Morgan fingerprint density at radius 2 is 1.59 bits per heavy atom. The van der Waals surface area contributed by atoms with E-state index in [1.807, 2.05) is 0 Å². The second-order valence-corrected chi connectivity index (χ2v) is 6.42. The van der Waals surface area contributed by atoms with Gasteiger partial charge in [0.25, 0.3) is 0 Å². The van der Waals surface area contributed by atoms with Crippen LogP contribution in [0.1, 0.15) is 40.5 Å². The minimum atomic E-state index is 0.339. The average molecular weight is 240 g/mol. The Hall–Kier alpha value is -0.120. The van der Waals surface area contributed by atoms with E-state index < -0.39 is 0 Å². The summed E-state index contributed by atoms with van der Waals surface area (Å²) >= 11 is 0. The van der Waals surface area contributed by atoms with Gasteiger partial charge in [0.1, 0.15) is 0 Å². The fourth-order valence-electron chi connectivity index (χ4n) is 3.99. The van der Waals surface area contributed by atoms with Crippen molar-refractivity contribution in [3.63, 3.8) is 0 Å². The van der Waals surface area contributed by atoms with Crippen LogP contribution >= 0.6 is 0 Å². The van der Waals surface area contributed by atoms with E-state index in [4.69, 9.17) is 10.5 Å². The van der Waals surface area contributed by atoms with Gasteiger partial charge in [-0.05, 0) is 38.5 Å². The molecular weight excluding hydrogens is 212 g/mol. The molecule has 3 heteroatoms. The number of rotatable bonds is 1. The Morgan fingerprint density at radius 3 is 2.12 bits per heavy atom.